The topological polar surface area (TPSA) is 43.9 Å². The van der Waals surface area contributed by atoms with Crippen LogP contribution in [0, 0.1) is 18.1 Å². The van der Waals surface area contributed by atoms with Gasteiger partial charge in [0.25, 0.3) is 0 Å². The van der Waals surface area contributed by atoms with E-state index in [0.29, 0.717) is 0 Å². The van der Waals surface area contributed by atoms with E-state index in [1.54, 1.807) is 0 Å². The average Bonchev–Trinajstić information content (AvgIpc) is 3.92. The fraction of sp³-hybridized carbons (Fsp3) is 0.143. The number of aromatic nitrogens is 3. The van der Waals surface area contributed by atoms with Crippen molar-refractivity contribution in [2.45, 2.75) is 37.5 Å². The van der Waals surface area contributed by atoms with E-state index in [1.165, 1.54) is 20.2 Å². The molecule has 0 unspecified atom stereocenters. The first-order chi connectivity index (χ1) is 27.5. The van der Waals surface area contributed by atoms with Crippen molar-refractivity contribution < 1.29 is 27.3 Å². The molecule has 0 spiro atoms. The van der Waals surface area contributed by atoms with Crippen molar-refractivity contribution >= 4 is 82.1 Å². The minimum absolute atomic E-state index is 0. The van der Waals surface area contributed by atoms with Gasteiger partial charge in [0.1, 0.15) is 5.58 Å². The Morgan fingerprint density at radius 3 is 2.32 bits per heavy atom. The summed E-state index contributed by atoms with van der Waals surface area (Å²) < 4.78 is 29.5. The van der Waals surface area contributed by atoms with E-state index in [0.717, 1.165) is 71.3 Å². The Morgan fingerprint density at radius 1 is 0.768 bits per heavy atom. The van der Waals surface area contributed by atoms with E-state index in [4.69, 9.17) is 12.1 Å². The summed E-state index contributed by atoms with van der Waals surface area (Å²) in [7, 11) is 0. The molecule has 0 amide bonds. The van der Waals surface area contributed by atoms with Gasteiger partial charge in [-0.15, -0.1) is 29.5 Å². The van der Waals surface area contributed by atoms with Crippen LogP contribution < -0.4 is 4.40 Å². The van der Waals surface area contributed by atoms with E-state index >= 15 is 0 Å². The van der Waals surface area contributed by atoms with Gasteiger partial charge in [-0.2, -0.15) is 0 Å². The quantitative estimate of drug-likeness (QED) is 0.123. The third-order valence-electron chi connectivity index (χ3n) is 9.88. The number of para-hydroxylation sites is 3. The van der Waals surface area contributed by atoms with E-state index < -0.39 is 19.6 Å². The van der Waals surface area contributed by atoms with Crippen molar-refractivity contribution in [3.63, 3.8) is 0 Å². The van der Waals surface area contributed by atoms with Crippen LogP contribution in [0.25, 0.3) is 81.5 Å². The molecule has 0 aliphatic rings. The molecule has 10 aromatic rings. The second kappa shape index (κ2) is 15.6. The maximum Gasteiger partial charge on any atom is 0.120 e. The monoisotopic (exact) mass is 988 g/mol. The Labute approximate surface area is 350 Å². The summed E-state index contributed by atoms with van der Waals surface area (Å²) in [6.07, 6.45) is 0.562. The van der Waals surface area contributed by atoms with E-state index in [1.807, 2.05) is 92.0 Å². The first-order valence-corrected chi connectivity index (χ1v) is 26.8. The van der Waals surface area contributed by atoms with Gasteiger partial charge >= 0.3 is 128 Å². The van der Waals surface area contributed by atoms with Gasteiger partial charge in [0.2, 0.25) is 0 Å². The van der Waals surface area contributed by atoms with Crippen molar-refractivity contribution in [2.24, 2.45) is 5.92 Å². The van der Waals surface area contributed by atoms with Gasteiger partial charge in [-0.25, -0.2) is 0 Å². The summed E-state index contributed by atoms with van der Waals surface area (Å²) in [4.78, 5) is 9.68. The average molecular weight is 987 g/mol. The number of furan rings is 1. The molecule has 0 bridgehead atoms. The number of thiophene rings is 1. The molecule has 6 aromatic carbocycles. The minimum atomic E-state index is -2.20. The Hall–Kier alpha value is -4.85. The Kier molecular flexibility index (Phi) is 9.90. The zero-order valence-electron chi connectivity index (χ0n) is 33.8. The van der Waals surface area contributed by atoms with Gasteiger partial charge < -0.3 is 8.98 Å². The van der Waals surface area contributed by atoms with Crippen molar-refractivity contribution in [3.05, 3.63) is 157 Å². The van der Waals surface area contributed by atoms with E-state index in [2.05, 4.69) is 112 Å². The molecule has 0 fully saturated rings. The maximum absolute atomic E-state index is 8.56. The number of rotatable bonds is 6. The number of hydrogen-bond acceptors (Lipinski definition) is 4. The summed E-state index contributed by atoms with van der Waals surface area (Å²) in [5.41, 5.74) is 8.16. The third kappa shape index (κ3) is 7.16. The molecule has 56 heavy (non-hydrogen) atoms. The van der Waals surface area contributed by atoms with Crippen LogP contribution in [0.5, 0.6) is 0 Å². The third-order valence-corrected chi connectivity index (χ3v) is 15.3. The summed E-state index contributed by atoms with van der Waals surface area (Å²) in [6, 6.07) is 52.1. The van der Waals surface area contributed by atoms with E-state index in [9.17, 15) is 0 Å². The van der Waals surface area contributed by atoms with Gasteiger partial charge in [-0.1, -0.05) is 59.5 Å². The zero-order chi connectivity index (χ0) is 39.5. The summed E-state index contributed by atoms with van der Waals surface area (Å²) in [5.74, 6) is 7.60. The van der Waals surface area contributed by atoms with Crippen LogP contribution in [0.2, 0.25) is 17.3 Å². The SMILES string of the molecule is [2H]C([2H])(c1cc(-c2[c-]cccc2)nc[c]1[Ge]([CH3])([CH3])[CH3])C(C)C.[Ir].[c-]1ccc2c(oc3ccccc32)c1-c1nc2ccccc2n1-c1ccc2sc3ccccc3c2c1. The van der Waals surface area contributed by atoms with Gasteiger partial charge in [0.05, 0.1) is 22.4 Å². The second-order valence-electron chi connectivity index (χ2n) is 15.2. The number of nitrogens with zero attached hydrogens (tertiary/aromatic N) is 3. The Bertz CT molecular complexity index is 3090. The molecule has 279 valence electrons. The van der Waals surface area contributed by atoms with Crippen LogP contribution in [-0.2, 0) is 26.5 Å². The molecule has 1 radical (unpaired) electrons. The van der Waals surface area contributed by atoms with Crippen molar-refractivity contribution in [1.82, 2.24) is 14.5 Å². The van der Waals surface area contributed by atoms with Crippen molar-refractivity contribution in [1.29, 1.82) is 0 Å². The van der Waals surface area contributed by atoms with Crippen LogP contribution in [0.3, 0.4) is 0 Å². The zero-order valence-corrected chi connectivity index (χ0v) is 37.2. The van der Waals surface area contributed by atoms with Crippen LogP contribution in [0.4, 0.5) is 0 Å². The predicted octanol–water partition coefficient (Wildman–Crippen LogP) is 13.0. The molecule has 0 aliphatic heterocycles. The van der Waals surface area contributed by atoms with Crippen molar-refractivity contribution in [2.75, 3.05) is 0 Å². The maximum atomic E-state index is 8.56. The normalized spacial score (nSPS) is 12.5. The molecule has 0 aliphatic carbocycles. The predicted molar refractivity (Wildman–Crippen MR) is 236 cm³/mol. The number of hydrogen-bond donors (Lipinski definition) is 0. The van der Waals surface area contributed by atoms with Crippen molar-refractivity contribution in [3.8, 4) is 28.3 Å². The molecule has 4 heterocycles. The standard InChI is InChI=1S/C31H17N2OS.C18H24GeN.Ir/c1-5-14-27-20(8-1)22-10-7-11-23(30(22)34-27)31-32-25-12-3-4-13-26(25)33(31)19-16-17-29-24(18-19)21-9-2-6-15-28(21)35-29;1-14(2)11-16-12-18(15-9-7-6-8-10-15)20-13-17(16)19(3,4)5;/h1-10,12-18H;6-9,12-14H,11H2,1-5H3;/q2*-1;/i;11D2;. The molecule has 0 saturated carbocycles. The largest absolute Gasteiger partial charge is 0.501 e. The van der Waals surface area contributed by atoms with Gasteiger partial charge in [0, 0.05) is 51.4 Å². The molecule has 0 saturated heterocycles. The Balaban J connectivity index is 0.000000178. The van der Waals surface area contributed by atoms with Gasteiger partial charge in [-0.05, 0) is 42.5 Å². The first kappa shape index (κ1) is 35.6. The molecule has 4 aromatic heterocycles. The van der Waals surface area contributed by atoms with Crippen LogP contribution in [0.1, 0.15) is 22.2 Å². The fourth-order valence-corrected chi connectivity index (χ4v) is 11.4. The number of pyridine rings is 1. The molecule has 7 heteroatoms. The van der Waals surface area contributed by atoms with Crippen LogP contribution in [-0.4, -0.2) is 27.8 Å². The molecule has 10 rings (SSSR count). The van der Waals surface area contributed by atoms with Crippen LogP contribution >= 0.6 is 11.3 Å². The number of fused-ring (bicyclic) bond motifs is 7. The summed E-state index contributed by atoms with van der Waals surface area (Å²) in [6.45, 7) is 3.88. The smallest absolute Gasteiger partial charge is 0.120 e. The summed E-state index contributed by atoms with van der Waals surface area (Å²) >= 11 is -0.372. The number of benzene rings is 6. The minimum Gasteiger partial charge on any atom is -0.501 e. The summed E-state index contributed by atoms with van der Waals surface area (Å²) in [5, 5.41) is 4.72. The van der Waals surface area contributed by atoms with Crippen LogP contribution in [0.15, 0.2) is 144 Å². The fourth-order valence-electron chi connectivity index (χ4n) is 7.35. The van der Waals surface area contributed by atoms with Gasteiger partial charge in [-0.3, -0.25) is 4.98 Å². The second-order valence-corrected chi connectivity index (χ2v) is 26.8. The van der Waals surface area contributed by atoms with Gasteiger partial charge in [0.15, 0.2) is 0 Å². The molecular weight excluding hydrogens is 943 g/mol. The molecule has 0 atom stereocenters. The molecule has 4 nitrogen and oxygen atoms in total. The molecule has 0 N–H and O–H groups in total. The Morgan fingerprint density at radius 2 is 1.52 bits per heavy atom. The molecular formula is C49H41GeIrN3OS-2. The van der Waals surface area contributed by atoms with E-state index in [-0.39, 0.29) is 26.0 Å². The first-order valence-electron chi connectivity index (χ1n) is 19.7. The number of imidazole rings is 1.